The van der Waals surface area contributed by atoms with Crippen LogP contribution in [0.2, 0.25) is 0 Å². The van der Waals surface area contributed by atoms with Crippen LogP contribution in [0.3, 0.4) is 0 Å². The van der Waals surface area contributed by atoms with Crippen molar-refractivity contribution in [2.24, 2.45) is 0 Å². The Morgan fingerprint density at radius 3 is 2.50 bits per heavy atom. The van der Waals surface area contributed by atoms with Crippen molar-refractivity contribution in [1.82, 2.24) is 0 Å². The summed E-state index contributed by atoms with van der Waals surface area (Å²) < 4.78 is 26.1. The van der Waals surface area contributed by atoms with E-state index in [-0.39, 0.29) is 12.8 Å². The maximum Gasteiger partial charge on any atom is 0.166 e. The van der Waals surface area contributed by atoms with Gasteiger partial charge in [0.2, 0.25) is 0 Å². The van der Waals surface area contributed by atoms with E-state index >= 15 is 0 Å². The number of allylic oxidation sites excluding steroid dienone is 1. The topological polar surface area (TPSA) is 40.5 Å². The monoisotopic (exact) mass is 226 g/mol. The van der Waals surface area contributed by atoms with Gasteiger partial charge in [-0.25, -0.2) is 8.78 Å². The molecule has 1 aliphatic carbocycles. The van der Waals surface area contributed by atoms with Gasteiger partial charge in [0, 0.05) is 24.5 Å². The molecule has 0 radical (unpaired) electrons. The zero-order chi connectivity index (χ0) is 11.8. The van der Waals surface area contributed by atoms with E-state index in [1.54, 1.807) is 6.08 Å². The zero-order valence-electron chi connectivity index (χ0n) is 8.58. The van der Waals surface area contributed by atoms with E-state index in [0.29, 0.717) is 17.6 Å². The number of benzene rings is 1. The van der Waals surface area contributed by atoms with Gasteiger partial charge in [0.1, 0.15) is 11.6 Å². The van der Waals surface area contributed by atoms with Gasteiger partial charge in [-0.2, -0.15) is 0 Å². The average Bonchev–Trinajstić information content (AvgIpc) is 2.19. The van der Waals surface area contributed by atoms with Gasteiger partial charge in [-0.1, -0.05) is 6.08 Å². The molecule has 0 amide bonds. The van der Waals surface area contributed by atoms with E-state index in [2.05, 4.69) is 0 Å². The van der Waals surface area contributed by atoms with Crippen molar-refractivity contribution in [3.63, 3.8) is 0 Å². The Hall–Kier alpha value is -1.26. The highest BCUT2D eigenvalue weighted by Gasteiger charge is 2.26. The van der Waals surface area contributed by atoms with Crippen LogP contribution in [0.1, 0.15) is 24.8 Å². The predicted octanol–water partition coefficient (Wildman–Crippen LogP) is 2.21. The lowest BCUT2D eigenvalue weighted by Crippen LogP contribution is -2.29. The summed E-state index contributed by atoms with van der Waals surface area (Å²) in [5, 5.41) is 18.6. The third kappa shape index (κ3) is 2.28. The van der Waals surface area contributed by atoms with Crippen molar-refractivity contribution < 1.29 is 19.0 Å². The van der Waals surface area contributed by atoms with Crippen LogP contribution in [0.4, 0.5) is 8.78 Å². The van der Waals surface area contributed by atoms with Gasteiger partial charge >= 0.3 is 0 Å². The molecule has 2 N–H and O–H groups in total. The number of rotatable bonds is 1. The molecule has 2 rings (SSSR count). The van der Waals surface area contributed by atoms with E-state index in [0.717, 1.165) is 6.07 Å². The number of aliphatic hydroxyl groups is 2. The summed E-state index contributed by atoms with van der Waals surface area (Å²) in [7, 11) is 0. The van der Waals surface area contributed by atoms with Gasteiger partial charge < -0.3 is 10.2 Å². The summed E-state index contributed by atoms with van der Waals surface area (Å²) in [5.41, 5.74) is 1.02. The van der Waals surface area contributed by atoms with Crippen LogP contribution in [-0.2, 0) is 0 Å². The molecular weight excluding hydrogens is 214 g/mol. The number of halogens is 2. The van der Waals surface area contributed by atoms with Crippen LogP contribution < -0.4 is 0 Å². The normalized spacial score (nSPS) is 19.4. The van der Waals surface area contributed by atoms with E-state index < -0.39 is 17.4 Å². The summed E-state index contributed by atoms with van der Waals surface area (Å²) >= 11 is 0. The molecule has 0 heterocycles. The van der Waals surface area contributed by atoms with E-state index in [1.165, 1.54) is 12.1 Å². The maximum absolute atomic E-state index is 13.4. The van der Waals surface area contributed by atoms with Crippen LogP contribution in [0, 0.1) is 11.6 Å². The fourth-order valence-corrected chi connectivity index (χ4v) is 1.82. The molecule has 4 heteroatoms. The van der Waals surface area contributed by atoms with Crippen LogP contribution in [0.15, 0.2) is 24.3 Å². The molecule has 0 bridgehead atoms. The van der Waals surface area contributed by atoms with E-state index in [9.17, 15) is 19.0 Å². The molecule has 0 atom stereocenters. The summed E-state index contributed by atoms with van der Waals surface area (Å²) in [4.78, 5) is 0. The van der Waals surface area contributed by atoms with Gasteiger partial charge in [-0.3, -0.25) is 0 Å². The smallest absolute Gasteiger partial charge is 0.166 e. The highest BCUT2D eigenvalue weighted by Crippen LogP contribution is 2.32. The lowest BCUT2D eigenvalue weighted by atomic mass is 9.90. The highest BCUT2D eigenvalue weighted by molar-refractivity contribution is 5.66. The second-order valence-electron chi connectivity index (χ2n) is 4.04. The average molecular weight is 226 g/mol. The zero-order valence-corrected chi connectivity index (χ0v) is 8.58. The molecular formula is C12H12F2O2. The summed E-state index contributed by atoms with van der Waals surface area (Å²) in [6, 6.07) is 3.40. The van der Waals surface area contributed by atoms with Crippen LogP contribution in [0.5, 0.6) is 0 Å². The Labute approximate surface area is 91.8 Å². The Morgan fingerprint density at radius 2 is 1.94 bits per heavy atom. The van der Waals surface area contributed by atoms with Crippen LogP contribution in [0.25, 0.3) is 5.57 Å². The predicted molar refractivity (Wildman–Crippen MR) is 55.4 cm³/mol. The molecule has 0 saturated carbocycles. The fourth-order valence-electron chi connectivity index (χ4n) is 1.82. The van der Waals surface area contributed by atoms with Gasteiger partial charge in [-0.05, 0) is 24.1 Å². The minimum absolute atomic E-state index is 0.0686. The Morgan fingerprint density at radius 1 is 1.19 bits per heavy atom. The minimum atomic E-state index is -1.69. The first-order chi connectivity index (χ1) is 7.48. The van der Waals surface area contributed by atoms with Crippen LogP contribution in [-0.4, -0.2) is 16.0 Å². The SMILES string of the molecule is OC1(O)CC=C(c2ccc(F)cc2F)CC1. The lowest BCUT2D eigenvalue weighted by Gasteiger charge is -2.26. The van der Waals surface area contributed by atoms with Gasteiger partial charge in [0.05, 0.1) is 0 Å². The largest absolute Gasteiger partial charge is 0.365 e. The van der Waals surface area contributed by atoms with E-state index in [4.69, 9.17) is 0 Å². The molecule has 1 aliphatic rings. The van der Waals surface area contributed by atoms with E-state index in [1.807, 2.05) is 0 Å². The molecule has 1 aromatic carbocycles. The quantitative estimate of drug-likeness (QED) is 0.721. The highest BCUT2D eigenvalue weighted by atomic mass is 19.1. The molecule has 1 aromatic rings. The number of hydrogen-bond donors (Lipinski definition) is 2. The molecule has 16 heavy (non-hydrogen) atoms. The minimum Gasteiger partial charge on any atom is -0.365 e. The summed E-state index contributed by atoms with van der Waals surface area (Å²) in [6.07, 6.45) is 2.18. The van der Waals surface area contributed by atoms with Gasteiger partial charge in [-0.15, -0.1) is 0 Å². The molecule has 0 spiro atoms. The van der Waals surface area contributed by atoms with Gasteiger partial charge in [0.15, 0.2) is 5.79 Å². The molecule has 0 saturated heterocycles. The second kappa shape index (κ2) is 3.96. The third-order valence-electron chi connectivity index (χ3n) is 2.75. The van der Waals surface area contributed by atoms with Crippen molar-refractivity contribution >= 4 is 5.57 Å². The summed E-state index contributed by atoms with van der Waals surface area (Å²) in [6.45, 7) is 0. The third-order valence-corrected chi connectivity index (χ3v) is 2.75. The summed E-state index contributed by atoms with van der Waals surface area (Å²) in [5.74, 6) is -2.93. The van der Waals surface area contributed by atoms with Crippen molar-refractivity contribution in [3.05, 3.63) is 41.5 Å². The van der Waals surface area contributed by atoms with Gasteiger partial charge in [0.25, 0.3) is 0 Å². The first-order valence-electron chi connectivity index (χ1n) is 5.07. The lowest BCUT2D eigenvalue weighted by molar-refractivity contribution is -0.163. The molecule has 0 aliphatic heterocycles. The molecule has 0 fully saturated rings. The standard InChI is InChI=1S/C12H12F2O2/c13-9-1-2-10(11(14)7-9)8-3-5-12(15,16)6-4-8/h1-3,7,15-16H,4-6H2. The molecule has 86 valence electrons. The van der Waals surface area contributed by atoms with Crippen LogP contribution >= 0.6 is 0 Å². The number of hydrogen-bond acceptors (Lipinski definition) is 2. The molecule has 2 nitrogen and oxygen atoms in total. The fraction of sp³-hybridized carbons (Fsp3) is 0.333. The first kappa shape index (κ1) is 11.2. The maximum atomic E-state index is 13.4. The molecule has 0 aromatic heterocycles. The Bertz CT molecular complexity index is 439. The Kier molecular flexibility index (Phi) is 2.78. The van der Waals surface area contributed by atoms with Crippen molar-refractivity contribution in [2.45, 2.75) is 25.0 Å². The van der Waals surface area contributed by atoms with Crippen molar-refractivity contribution in [2.75, 3.05) is 0 Å². The molecule has 0 unspecified atom stereocenters. The van der Waals surface area contributed by atoms with Crippen molar-refractivity contribution in [1.29, 1.82) is 0 Å². The Balaban J connectivity index is 2.29. The first-order valence-corrected chi connectivity index (χ1v) is 5.07. The second-order valence-corrected chi connectivity index (χ2v) is 4.04. The van der Waals surface area contributed by atoms with Crippen molar-refractivity contribution in [3.8, 4) is 0 Å².